The van der Waals surface area contributed by atoms with E-state index in [0.717, 1.165) is 16.7 Å². The number of nitrogens with one attached hydrogen (secondary N) is 1. The number of carbonyl (C=O) groups is 2. The fraction of sp³-hybridized carbons (Fsp3) is 0.211. The highest BCUT2D eigenvalue weighted by Crippen LogP contribution is 2.35. The van der Waals surface area contributed by atoms with Crippen LogP contribution >= 0.6 is 22.9 Å². The fourth-order valence-corrected chi connectivity index (χ4v) is 4.25. The molecule has 1 saturated heterocycles. The summed E-state index contributed by atoms with van der Waals surface area (Å²) in [7, 11) is 0. The Kier molecular flexibility index (Phi) is 4.47. The average Bonchev–Trinajstić information content (AvgIpc) is 3.31. The molecule has 28 heavy (non-hydrogen) atoms. The molecule has 0 bridgehead atoms. The molecule has 4 rings (SSSR count). The Labute approximate surface area is 168 Å². The van der Waals surface area contributed by atoms with Crippen molar-refractivity contribution in [1.29, 1.82) is 0 Å². The minimum Gasteiger partial charge on any atom is -0.459 e. The molecular weight excluding hydrogens is 405 g/mol. The first-order valence-corrected chi connectivity index (χ1v) is 9.64. The fourth-order valence-electron chi connectivity index (χ4n) is 3.12. The van der Waals surface area contributed by atoms with E-state index in [-0.39, 0.29) is 11.6 Å². The van der Waals surface area contributed by atoms with Crippen LogP contribution in [0.2, 0.25) is 5.02 Å². The Morgan fingerprint density at radius 3 is 2.79 bits per heavy atom. The van der Waals surface area contributed by atoms with Gasteiger partial charge in [-0.05, 0) is 38.1 Å². The number of rotatable bonds is 4. The summed E-state index contributed by atoms with van der Waals surface area (Å²) >= 11 is 7.47. The Bertz CT molecular complexity index is 1100. The molecule has 1 N–H and O–H groups in total. The number of urea groups is 1. The van der Waals surface area contributed by atoms with Crippen molar-refractivity contribution in [3.8, 4) is 10.8 Å². The van der Waals surface area contributed by atoms with Gasteiger partial charge < -0.3 is 9.73 Å². The second kappa shape index (κ2) is 6.72. The number of hydrogen-bond donors (Lipinski definition) is 1. The molecule has 3 aromatic rings. The number of amides is 3. The Morgan fingerprint density at radius 2 is 2.11 bits per heavy atom. The molecule has 144 valence electrons. The number of aryl methyl sites for hydroxylation is 1. The van der Waals surface area contributed by atoms with Gasteiger partial charge in [0.05, 0.1) is 12.2 Å². The maximum absolute atomic E-state index is 13.4. The van der Waals surface area contributed by atoms with E-state index < -0.39 is 23.3 Å². The molecule has 0 aliphatic carbocycles. The molecule has 1 unspecified atom stereocenters. The molecule has 6 nitrogen and oxygen atoms in total. The van der Waals surface area contributed by atoms with E-state index in [1.54, 1.807) is 12.3 Å². The molecule has 1 fully saturated rings. The van der Waals surface area contributed by atoms with Crippen LogP contribution in [0.15, 0.2) is 40.1 Å². The lowest BCUT2D eigenvalue weighted by Crippen LogP contribution is -2.41. The molecular formula is C19H15ClFN3O3S. The number of carbonyl (C=O) groups excluding carboxylic acids is 2. The summed E-state index contributed by atoms with van der Waals surface area (Å²) in [5.41, 5.74) is -0.479. The van der Waals surface area contributed by atoms with Gasteiger partial charge >= 0.3 is 6.03 Å². The molecule has 0 saturated carbocycles. The smallest absolute Gasteiger partial charge is 0.325 e. The van der Waals surface area contributed by atoms with Crippen molar-refractivity contribution < 1.29 is 18.4 Å². The summed E-state index contributed by atoms with van der Waals surface area (Å²) in [5.74, 6) is 0.408. The zero-order chi connectivity index (χ0) is 20.1. The van der Waals surface area contributed by atoms with E-state index >= 15 is 0 Å². The van der Waals surface area contributed by atoms with Gasteiger partial charge in [-0.15, -0.1) is 11.3 Å². The van der Waals surface area contributed by atoms with Crippen molar-refractivity contribution in [2.24, 2.45) is 0 Å². The van der Waals surface area contributed by atoms with Crippen LogP contribution in [0.4, 0.5) is 9.18 Å². The first-order valence-electron chi connectivity index (χ1n) is 8.39. The number of hydrogen-bond acceptors (Lipinski definition) is 5. The summed E-state index contributed by atoms with van der Waals surface area (Å²) in [6, 6.07) is 6.82. The van der Waals surface area contributed by atoms with Crippen molar-refractivity contribution in [2.45, 2.75) is 25.9 Å². The van der Waals surface area contributed by atoms with Crippen LogP contribution in [0.3, 0.4) is 0 Å². The van der Waals surface area contributed by atoms with Crippen LogP contribution in [-0.2, 0) is 16.9 Å². The molecule has 1 aliphatic heterocycles. The van der Waals surface area contributed by atoms with Crippen LogP contribution in [0.1, 0.15) is 23.9 Å². The lowest BCUT2D eigenvalue weighted by atomic mass is 9.92. The number of imide groups is 1. The summed E-state index contributed by atoms with van der Waals surface area (Å²) < 4.78 is 18.9. The Morgan fingerprint density at radius 1 is 1.32 bits per heavy atom. The van der Waals surface area contributed by atoms with Crippen LogP contribution < -0.4 is 5.32 Å². The van der Waals surface area contributed by atoms with E-state index in [4.69, 9.17) is 16.0 Å². The Balaban J connectivity index is 1.59. The van der Waals surface area contributed by atoms with E-state index in [1.165, 1.54) is 23.5 Å². The van der Waals surface area contributed by atoms with Gasteiger partial charge in [-0.1, -0.05) is 17.7 Å². The van der Waals surface area contributed by atoms with Gasteiger partial charge in [-0.25, -0.2) is 14.2 Å². The first kappa shape index (κ1) is 18.6. The zero-order valence-electron chi connectivity index (χ0n) is 15.0. The van der Waals surface area contributed by atoms with E-state index in [1.807, 2.05) is 19.1 Å². The second-order valence-corrected chi connectivity index (χ2v) is 7.89. The zero-order valence-corrected chi connectivity index (χ0v) is 16.5. The first-order chi connectivity index (χ1) is 13.3. The molecule has 0 spiro atoms. The van der Waals surface area contributed by atoms with Crippen molar-refractivity contribution in [1.82, 2.24) is 15.2 Å². The van der Waals surface area contributed by atoms with Gasteiger partial charge in [0.25, 0.3) is 5.91 Å². The van der Waals surface area contributed by atoms with Crippen molar-refractivity contribution in [2.75, 3.05) is 0 Å². The number of thiazole rings is 1. The predicted octanol–water partition coefficient (Wildman–Crippen LogP) is 4.47. The van der Waals surface area contributed by atoms with Crippen molar-refractivity contribution >= 4 is 34.9 Å². The van der Waals surface area contributed by atoms with Gasteiger partial charge in [0, 0.05) is 16.0 Å². The molecule has 1 atom stereocenters. The molecule has 1 aliphatic rings. The van der Waals surface area contributed by atoms with Crippen LogP contribution in [0.25, 0.3) is 10.8 Å². The van der Waals surface area contributed by atoms with Crippen LogP contribution in [0.5, 0.6) is 0 Å². The molecule has 1 aromatic carbocycles. The van der Waals surface area contributed by atoms with Crippen LogP contribution in [-0.4, -0.2) is 21.8 Å². The molecule has 0 radical (unpaired) electrons. The van der Waals surface area contributed by atoms with Gasteiger partial charge in [0.15, 0.2) is 10.8 Å². The van der Waals surface area contributed by atoms with Crippen LogP contribution in [0, 0.1) is 12.7 Å². The summed E-state index contributed by atoms with van der Waals surface area (Å²) in [5, 5.41) is 5.17. The van der Waals surface area contributed by atoms with E-state index in [9.17, 15) is 14.0 Å². The topological polar surface area (TPSA) is 75.4 Å². The summed E-state index contributed by atoms with van der Waals surface area (Å²) in [6.45, 7) is 3.40. The standard InChI is InChI=1S/C19H15ClFN3O3S/c1-10-3-6-15(27-10)16-22-12(9-28-16)8-24-17(25)19(2,23-18(24)26)13-5-4-11(21)7-14(13)20/h3-7,9H,8H2,1-2H3,(H,23,26). The van der Waals surface area contributed by atoms with Crippen molar-refractivity contribution in [3.63, 3.8) is 0 Å². The number of benzene rings is 1. The third kappa shape index (κ3) is 3.08. The summed E-state index contributed by atoms with van der Waals surface area (Å²) in [6.07, 6.45) is 0. The van der Waals surface area contributed by atoms with E-state index in [2.05, 4.69) is 10.3 Å². The van der Waals surface area contributed by atoms with Gasteiger partial charge in [0.2, 0.25) is 0 Å². The normalized spacial score (nSPS) is 19.4. The third-order valence-electron chi connectivity index (χ3n) is 4.57. The van der Waals surface area contributed by atoms with E-state index in [0.29, 0.717) is 22.0 Å². The Hall–Kier alpha value is -2.71. The predicted molar refractivity (Wildman–Crippen MR) is 102 cm³/mol. The lowest BCUT2D eigenvalue weighted by Gasteiger charge is -2.23. The second-order valence-electron chi connectivity index (χ2n) is 6.62. The highest BCUT2D eigenvalue weighted by Gasteiger charge is 2.50. The average molecular weight is 420 g/mol. The van der Waals surface area contributed by atoms with Crippen molar-refractivity contribution in [3.05, 3.63) is 63.6 Å². The lowest BCUT2D eigenvalue weighted by molar-refractivity contribution is -0.131. The minimum atomic E-state index is -1.38. The SMILES string of the molecule is Cc1ccc(-c2nc(CN3C(=O)NC(C)(c4ccc(F)cc4Cl)C3=O)cs2)o1. The molecule has 2 aromatic heterocycles. The number of furan rings is 1. The maximum Gasteiger partial charge on any atom is 0.325 e. The number of nitrogens with zero attached hydrogens (tertiary/aromatic N) is 2. The maximum atomic E-state index is 13.4. The number of halogens is 2. The third-order valence-corrected chi connectivity index (χ3v) is 5.79. The minimum absolute atomic E-state index is 0.00919. The highest BCUT2D eigenvalue weighted by molar-refractivity contribution is 7.13. The van der Waals surface area contributed by atoms with Gasteiger partial charge in [-0.2, -0.15) is 0 Å². The largest absolute Gasteiger partial charge is 0.459 e. The van der Waals surface area contributed by atoms with Gasteiger partial charge in [-0.3, -0.25) is 9.69 Å². The molecule has 3 amide bonds. The summed E-state index contributed by atoms with van der Waals surface area (Å²) in [4.78, 5) is 31.0. The quantitative estimate of drug-likeness (QED) is 0.633. The highest BCUT2D eigenvalue weighted by atomic mass is 35.5. The monoisotopic (exact) mass is 419 g/mol. The van der Waals surface area contributed by atoms with Gasteiger partial charge in [0.1, 0.15) is 17.1 Å². The molecule has 3 heterocycles. The number of aromatic nitrogens is 1. The molecule has 9 heteroatoms.